The average molecular weight is 285 g/mol. The predicted octanol–water partition coefficient (Wildman–Crippen LogP) is 2.24. The molecule has 4 nitrogen and oxygen atoms in total. The van der Waals surface area contributed by atoms with Gasteiger partial charge in [0.15, 0.2) is 0 Å². The zero-order valence-corrected chi connectivity index (χ0v) is 11.9. The highest BCUT2D eigenvalue weighted by molar-refractivity contribution is 5.85. The van der Waals surface area contributed by atoms with Gasteiger partial charge in [-0.1, -0.05) is 30.7 Å². The van der Waals surface area contributed by atoms with Crippen molar-refractivity contribution in [2.75, 3.05) is 6.54 Å². The Kier molecular flexibility index (Phi) is 2.81. The summed E-state index contributed by atoms with van der Waals surface area (Å²) in [6, 6.07) is 7.61. The normalized spacial score (nSPS) is 33.2. The Labute approximate surface area is 123 Å². The average Bonchev–Trinajstić information content (AvgIpc) is 2.97. The van der Waals surface area contributed by atoms with Gasteiger partial charge in [0, 0.05) is 19.0 Å². The van der Waals surface area contributed by atoms with Crippen molar-refractivity contribution in [1.29, 1.82) is 0 Å². The van der Waals surface area contributed by atoms with Crippen LogP contribution in [0.2, 0.25) is 0 Å². The maximum absolute atomic E-state index is 12.7. The zero-order chi connectivity index (χ0) is 14.6. The van der Waals surface area contributed by atoms with Crippen LogP contribution in [0.4, 0.5) is 0 Å². The molecular weight excluding hydrogens is 266 g/mol. The summed E-state index contributed by atoms with van der Waals surface area (Å²) < 4.78 is 0. The van der Waals surface area contributed by atoms with Crippen LogP contribution in [0, 0.1) is 17.8 Å². The van der Waals surface area contributed by atoms with Gasteiger partial charge in [-0.3, -0.25) is 9.59 Å². The van der Waals surface area contributed by atoms with Crippen LogP contribution in [0.1, 0.15) is 36.3 Å². The molecule has 1 aromatic carbocycles. The molecule has 0 bridgehead atoms. The number of fused-ring (bicyclic) bond motifs is 2. The van der Waals surface area contributed by atoms with Crippen LogP contribution in [0.15, 0.2) is 24.3 Å². The fourth-order valence-electron chi connectivity index (χ4n) is 4.38. The fraction of sp³-hybridized carbons (Fsp3) is 0.529. The Morgan fingerprint density at radius 1 is 1.14 bits per heavy atom. The lowest BCUT2D eigenvalue weighted by Gasteiger charge is -2.33. The van der Waals surface area contributed by atoms with Gasteiger partial charge in [-0.2, -0.15) is 0 Å². The molecule has 3 unspecified atom stereocenters. The minimum Gasteiger partial charge on any atom is -0.481 e. The Bertz CT molecular complexity index is 602. The third kappa shape index (κ3) is 1.96. The molecule has 21 heavy (non-hydrogen) atoms. The number of aliphatic carboxylic acids is 1. The first-order valence-corrected chi connectivity index (χ1v) is 7.76. The molecule has 2 fully saturated rings. The molecule has 2 aliphatic carbocycles. The molecule has 1 amide bonds. The summed E-state index contributed by atoms with van der Waals surface area (Å²) in [5, 5.41) is 9.46. The highest BCUT2D eigenvalue weighted by atomic mass is 16.4. The van der Waals surface area contributed by atoms with Crippen molar-refractivity contribution >= 4 is 11.9 Å². The molecule has 1 heterocycles. The number of nitrogens with zero attached hydrogens (tertiary/aromatic N) is 1. The van der Waals surface area contributed by atoms with Gasteiger partial charge in [-0.25, -0.2) is 0 Å². The van der Waals surface area contributed by atoms with E-state index >= 15 is 0 Å². The first-order valence-electron chi connectivity index (χ1n) is 7.76. The number of benzene rings is 1. The lowest BCUT2D eigenvalue weighted by Crippen LogP contribution is -2.41. The first kappa shape index (κ1) is 12.9. The Morgan fingerprint density at radius 2 is 1.86 bits per heavy atom. The number of amides is 1. The van der Waals surface area contributed by atoms with E-state index in [2.05, 4.69) is 0 Å². The number of hydrogen-bond donors (Lipinski definition) is 1. The van der Waals surface area contributed by atoms with E-state index in [1.165, 1.54) is 19.3 Å². The molecule has 3 aliphatic rings. The standard InChI is InChI=1S/C17H19NO3/c19-16(15-12-6-3-7-13(12)15)18-8-10-4-1-2-5-11(10)14(9-18)17(20)21/h1-2,4-5,12-15H,3,6-9H2,(H,20,21). The number of carboxylic acids is 1. The zero-order valence-electron chi connectivity index (χ0n) is 11.9. The molecule has 0 spiro atoms. The monoisotopic (exact) mass is 285 g/mol. The van der Waals surface area contributed by atoms with Gasteiger partial charge < -0.3 is 10.0 Å². The van der Waals surface area contributed by atoms with Crippen LogP contribution in [0.5, 0.6) is 0 Å². The van der Waals surface area contributed by atoms with E-state index < -0.39 is 11.9 Å². The highest BCUT2D eigenvalue weighted by Crippen LogP contribution is 2.58. The van der Waals surface area contributed by atoms with E-state index in [1.807, 2.05) is 24.3 Å². The molecule has 0 saturated heterocycles. The topological polar surface area (TPSA) is 57.6 Å². The van der Waals surface area contributed by atoms with Crippen molar-refractivity contribution in [2.24, 2.45) is 17.8 Å². The molecule has 110 valence electrons. The van der Waals surface area contributed by atoms with E-state index in [0.29, 0.717) is 24.9 Å². The van der Waals surface area contributed by atoms with Gasteiger partial charge in [-0.15, -0.1) is 0 Å². The van der Waals surface area contributed by atoms with Crippen molar-refractivity contribution in [3.05, 3.63) is 35.4 Å². The molecule has 1 aromatic rings. The molecule has 4 heteroatoms. The molecule has 2 saturated carbocycles. The van der Waals surface area contributed by atoms with Gasteiger partial charge in [0.25, 0.3) is 0 Å². The molecule has 0 radical (unpaired) electrons. The van der Waals surface area contributed by atoms with Crippen LogP contribution in [0.25, 0.3) is 0 Å². The third-order valence-electron chi connectivity index (χ3n) is 5.50. The van der Waals surface area contributed by atoms with Crippen molar-refractivity contribution in [3.8, 4) is 0 Å². The number of carbonyl (C=O) groups excluding carboxylic acids is 1. The largest absolute Gasteiger partial charge is 0.481 e. The SMILES string of the molecule is O=C(O)C1CN(C(=O)C2C3CCCC32)Cc2ccccc21. The molecule has 0 aromatic heterocycles. The predicted molar refractivity (Wildman–Crippen MR) is 76.6 cm³/mol. The van der Waals surface area contributed by atoms with Crippen LogP contribution in [0.3, 0.4) is 0 Å². The molecule has 4 rings (SSSR count). The second kappa shape index (κ2) is 4.58. The molecule has 1 N–H and O–H groups in total. The lowest BCUT2D eigenvalue weighted by atomic mass is 9.89. The van der Waals surface area contributed by atoms with Gasteiger partial charge in [0.2, 0.25) is 5.91 Å². The minimum absolute atomic E-state index is 0.179. The highest BCUT2D eigenvalue weighted by Gasteiger charge is 2.57. The maximum Gasteiger partial charge on any atom is 0.312 e. The minimum atomic E-state index is -0.837. The van der Waals surface area contributed by atoms with Gasteiger partial charge in [0.1, 0.15) is 0 Å². The lowest BCUT2D eigenvalue weighted by molar-refractivity contribution is -0.142. The van der Waals surface area contributed by atoms with Crippen molar-refractivity contribution < 1.29 is 14.7 Å². The van der Waals surface area contributed by atoms with Crippen molar-refractivity contribution in [3.63, 3.8) is 0 Å². The number of carbonyl (C=O) groups is 2. The van der Waals surface area contributed by atoms with E-state index in [1.54, 1.807) is 4.90 Å². The van der Waals surface area contributed by atoms with Gasteiger partial charge >= 0.3 is 5.97 Å². The maximum atomic E-state index is 12.7. The summed E-state index contributed by atoms with van der Waals surface area (Å²) in [6.07, 6.45) is 3.60. The smallest absolute Gasteiger partial charge is 0.312 e. The fourth-order valence-corrected chi connectivity index (χ4v) is 4.38. The van der Waals surface area contributed by atoms with E-state index in [4.69, 9.17) is 0 Å². The quantitative estimate of drug-likeness (QED) is 0.906. The molecular formula is C17H19NO3. The molecule has 1 aliphatic heterocycles. The van der Waals surface area contributed by atoms with Crippen LogP contribution in [-0.2, 0) is 16.1 Å². The van der Waals surface area contributed by atoms with Crippen LogP contribution < -0.4 is 0 Å². The summed E-state index contributed by atoms with van der Waals surface area (Å²) in [5.41, 5.74) is 1.85. The summed E-state index contributed by atoms with van der Waals surface area (Å²) in [7, 11) is 0. The number of carboxylic acid groups (broad SMARTS) is 1. The Hall–Kier alpha value is -1.84. The molecule has 3 atom stereocenters. The van der Waals surface area contributed by atoms with Crippen LogP contribution >= 0.6 is 0 Å². The van der Waals surface area contributed by atoms with E-state index in [-0.39, 0.29) is 11.8 Å². The Balaban J connectivity index is 1.58. The second-order valence-electron chi connectivity index (χ2n) is 6.59. The van der Waals surface area contributed by atoms with Gasteiger partial charge in [0.05, 0.1) is 5.92 Å². The Morgan fingerprint density at radius 3 is 2.57 bits per heavy atom. The van der Waals surface area contributed by atoms with E-state index in [0.717, 1.165) is 11.1 Å². The van der Waals surface area contributed by atoms with Crippen LogP contribution in [-0.4, -0.2) is 28.4 Å². The summed E-state index contributed by atoms with van der Waals surface area (Å²) >= 11 is 0. The van der Waals surface area contributed by atoms with Crippen molar-refractivity contribution in [2.45, 2.75) is 31.7 Å². The third-order valence-corrected chi connectivity index (χ3v) is 5.50. The van der Waals surface area contributed by atoms with Gasteiger partial charge in [-0.05, 0) is 35.8 Å². The summed E-state index contributed by atoms with van der Waals surface area (Å²) in [4.78, 5) is 26.0. The number of hydrogen-bond acceptors (Lipinski definition) is 2. The second-order valence-corrected chi connectivity index (χ2v) is 6.59. The summed E-state index contributed by atoms with van der Waals surface area (Å²) in [6.45, 7) is 0.885. The van der Waals surface area contributed by atoms with E-state index in [9.17, 15) is 14.7 Å². The number of rotatable bonds is 2. The van der Waals surface area contributed by atoms with Crippen molar-refractivity contribution in [1.82, 2.24) is 4.90 Å². The summed E-state index contributed by atoms with van der Waals surface area (Å²) in [5.74, 6) is 0.105. The first-order chi connectivity index (χ1) is 10.2.